The van der Waals surface area contributed by atoms with Crippen LogP contribution in [0.25, 0.3) is 5.78 Å². The van der Waals surface area contributed by atoms with Gasteiger partial charge < -0.3 is 5.32 Å². The van der Waals surface area contributed by atoms with Gasteiger partial charge in [0.15, 0.2) is 0 Å². The molecule has 7 nitrogen and oxygen atoms in total. The Bertz CT molecular complexity index is 1020. The van der Waals surface area contributed by atoms with E-state index in [1.54, 1.807) is 4.52 Å². The Labute approximate surface area is 183 Å². The van der Waals surface area contributed by atoms with Gasteiger partial charge in [-0.15, -0.1) is 0 Å². The summed E-state index contributed by atoms with van der Waals surface area (Å²) >= 11 is 0. The van der Waals surface area contributed by atoms with Crippen LogP contribution in [0.2, 0.25) is 0 Å². The summed E-state index contributed by atoms with van der Waals surface area (Å²) in [5.41, 5.74) is 4.25. The minimum Gasteiger partial charge on any atom is -0.354 e. The molecule has 1 aliphatic rings. The molecule has 2 aromatic heterocycles. The van der Waals surface area contributed by atoms with Crippen LogP contribution in [0.1, 0.15) is 54.7 Å². The molecule has 31 heavy (non-hydrogen) atoms. The number of aromatic nitrogens is 4. The molecule has 0 saturated carbocycles. The Morgan fingerprint density at radius 2 is 1.94 bits per heavy atom. The van der Waals surface area contributed by atoms with E-state index in [0.29, 0.717) is 25.2 Å². The fraction of sp³-hybridized carbons (Fsp3) is 0.500. The van der Waals surface area contributed by atoms with Crippen LogP contribution in [0.15, 0.2) is 36.7 Å². The van der Waals surface area contributed by atoms with E-state index in [1.165, 1.54) is 24.7 Å². The molecule has 1 N–H and O–H groups in total. The number of aryl methyl sites for hydroxylation is 2. The van der Waals surface area contributed by atoms with E-state index in [-0.39, 0.29) is 11.9 Å². The molecular formula is C24H32N6O. The standard InChI is InChI=1S/C24H32N6O/c1-17-11-13-29(14-12-17)22(20-7-5-4-6-8-20)15-25-23(31)10-9-21-18(2)28-24-26-16-27-30(24)19(21)3/h4-8,16-17,22H,9-15H2,1-3H3,(H,25,31). The number of nitrogens with one attached hydrogen (secondary N) is 1. The molecule has 1 fully saturated rings. The third-order valence-corrected chi connectivity index (χ3v) is 6.53. The van der Waals surface area contributed by atoms with Gasteiger partial charge in [-0.2, -0.15) is 10.1 Å². The van der Waals surface area contributed by atoms with Crippen molar-refractivity contribution < 1.29 is 4.79 Å². The summed E-state index contributed by atoms with van der Waals surface area (Å²) in [7, 11) is 0. The predicted octanol–water partition coefficient (Wildman–Crippen LogP) is 3.26. The molecule has 7 heteroatoms. The van der Waals surface area contributed by atoms with Gasteiger partial charge in [0.25, 0.3) is 5.78 Å². The molecule has 3 aromatic rings. The first-order valence-corrected chi connectivity index (χ1v) is 11.2. The van der Waals surface area contributed by atoms with Crippen LogP contribution in [0, 0.1) is 19.8 Å². The maximum Gasteiger partial charge on any atom is 0.252 e. The lowest BCUT2D eigenvalue weighted by molar-refractivity contribution is -0.121. The molecule has 1 unspecified atom stereocenters. The Morgan fingerprint density at radius 3 is 2.68 bits per heavy atom. The first-order chi connectivity index (χ1) is 15.0. The van der Waals surface area contributed by atoms with Crippen molar-refractivity contribution in [3.63, 3.8) is 0 Å². The van der Waals surface area contributed by atoms with Crippen molar-refractivity contribution in [2.24, 2.45) is 5.92 Å². The van der Waals surface area contributed by atoms with Gasteiger partial charge in [-0.25, -0.2) is 9.50 Å². The van der Waals surface area contributed by atoms with Crippen LogP contribution in [0.4, 0.5) is 0 Å². The first kappa shape index (κ1) is 21.4. The van der Waals surface area contributed by atoms with Crippen molar-refractivity contribution in [2.75, 3.05) is 19.6 Å². The van der Waals surface area contributed by atoms with Crippen LogP contribution in [-0.4, -0.2) is 50.0 Å². The van der Waals surface area contributed by atoms with Gasteiger partial charge in [0.2, 0.25) is 5.91 Å². The Morgan fingerprint density at radius 1 is 1.19 bits per heavy atom. The summed E-state index contributed by atoms with van der Waals surface area (Å²) in [6, 6.07) is 10.8. The second-order valence-corrected chi connectivity index (χ2v) is 8.68. The highest BCUT2D eigenvalue weighted by Crippen LogP contribution is 2.26. The number of hydrogen-bond acceptors (Lipinski definition) is 5. The first-order valence-electron chi connectivity index (χ1n) is 11.2. The third kappa shape index (κ3) is 4.93. The average Bonchev–Trinajstić information content (AvgIpc) is 3.24. The van der Waals surface area contributed by atoms with Crippen LogP contribution in [0.5, 0.6) is 0 Å². The van der Waals surface area contributed by atoms with Crippen LogP contribution >= 0.6 is 0 Å². The van der Waals surface area contributed by atoms with E-state index in [2.05, 4.69) is 56.5 Å². The minimum atomic E-state index is 0.0730. The molecule has 1 aromatic carbocycles. The van der Waals surface area contributed by atoms with Crippen molar-refractivity contribution in [1.82, 2.24) is 29.8 Å². The number of nitrogens with zero attached hydrogens (tertiary/aromatic N) is 5. The maximum absolute atomic E-state index is 12.7. The highest BCUT2D eigenvalue weighted by molar-refractivity contribution is 5.76. The summed E-state index contributed by atoms with van der Waals surface area (Å²) in [4.78, 5) is 23.9. The van der Waals surface area contributed by atoms with Crippen molar-refractivity contribution in [3.8, 4) is 0 Å². The lowest BCUT2D eigenvalue weighted by Gasteiger charge is -2.37. The van der Waals surface area contributed by atoms with E-state index in [4.69, 9.17) is 0 Å². The number of carbonyl (C=O) groups excluding carboxylic acids is 1. The van der Waals surface area contributed by atoms with Gasteiger partial charge >= 0.3 is 0 Å². The predicted molar refractivity (Wildman–Crippen MR) is 121 cm³/mol. The molecule has 1 atom stereocenters. The SMILES string of the molecule is Cc1nc2ncnn2c(C)c1CCC(=O)NCC(c1ccccc1)N1CCC(C)CC1. The monoisotopic (exact) mass is 420 g/mol. The molecule has 1 aliphatic heterocycles. The van der Waals surface area contributed by atoms with Crippen molar-refractivity contribution >= 4 is 11.7 Å². The second kappa shape index (κ2) is 9.56. The molecule has 3 heterocycles. The Kier molecular flexibility index (Phi) is 6.61. The van der Waals surface area contributed by atoms with Crippen LogP contribution in [0.3, 0.4) is 0 Å². The van der Waals surface area contributed by atoms with Crippen LogP contribution in [-0.2, 0) is 11.2 Å². The lowest BCUT2D eigenvalue weighted by atomic mass is 9.95. The zero-order valence-corrected chi connectivity index (χ0v) is 18.7. The summed E-state index contributed by atoms with van der Waals surface area (Å²) in [6.45, 7) is 9.10. The van der Waals surface area contributed by atoms with Gasteiger partial charge in [0, 0.05) is 24.4 Å². The summed E-state index contributed by atoms with van der Waals surface area (Å²) in [5, 5.41) is 7.43. The highest BCUT2D eigenvalue weighted by Gasteiger charge is 2.25. The molecule has 0 aliphatic carbocycles. The third-order valence-electron chi connectivity index (χ3n) is 6.53. The lowest BCUT2D eigenvalue weighted by Crippen LogP contribution is -2.42. The summed E-state index contributed by atoms with van der Waals surface area (Å²) in [6.07, 6.45) is 5.02. The topological polar surface area (TPSA) is 75.4 Å². The zero-order chi connectivity index (χ0) is 21.8. The smallest absolute Gasteiger partial charge is 0.252 e. The number of carbonyl (C=O) groups is 1. The minimum absolute atomic E-state index is 0.0730. The summed E-state index contributed by atoms with van der Waals surface area (Å²) in [5.74, 6) is 1.46. The summed E-state index contributed by atoms with van der Waals surface area (Å²) < 4.78 is 1.74. The largest absolute Gasteiger partial charge is 0.354 e. The number of hydrogen-bond donors (Lipinski definition) is 1. The van der Waals surface area contributed by atoms with Crippen LogP contribution < -0.4 is 5.32 Å². The highest BCUT2D eigenvalue weighted by atomic mass is 16.1. The van der Waals surface area contributed by atoms with Gasteiger partial charge in [-0.05, 0) is 63.2 Å². The van der Waals surface area contributed by atoms with E-state index in [0.717, 1.165) is 36.0 Å². The number of amides is 1. The van der Waals surface area contributed by atoms with Gasteiger partial charge in [-0.3, -0.25) is 9.69 Å². The fourth-order valence-electron chi connectivity index (χ4n) is 4.53. The molecule has 164 valence electrons. The molecule has 4 rings (SSSR count). The van der Waals surface area contributed by atoms with Crippen molar-refractivity contribution in [2.45, 2.75) is 52.5 Å². The van der Waals surface area contributed by atoms with Gasteiger partial charge in [-0.1, -0.05) is 37.3 Å². The quantitative estimate of drug-likeness (QED) is 0.635. The number of benzene rings is 1. The Balaban J connectivity index is 1.39. The molecule has 0 bridgehead atoms. The number of fused-ring (bicyclic) bond motifs is 1. The van der Waals surface area contributed by atoms with Gasteiger partial charge in [0.05, 0.1) is 6.04 Å². The zero-order valence-electron chi connectivity index (χ0n) is 18.7. The number of likely N-dealkylation sites (tertiary alicyclic amines) is 1. The van der Waals surface area contributed by atoms with E-state index < -0.39 is 0 Å². The van der Waals surface area contributed by atoms with E-state index >= 15 is 0 Å². The van der Waals surface area contributed by atoms with Crippen molar-refractivity contribution in [3.05, 3.63) is 59.2 Å². The maximum atomic E-state index is 12.7. The fourth-order valence-corrected chi connectivity index (χ4v) is 4.53. The van der Waals surface area contributed by atoms with E-state index in [9.17, 15) is 4.79 Å². The molecule has 1 saturated heterocycles. The Hall–Kier alpha value is -2.80. The molecular weight excluding hydrogens is 388 g/mol. The average molecular weight is 421 g/mol. The normalized spacial score (nSPS) is 16.5. The van der Waals surface area contributed by atoms with E-state index in [1.807, 2.05) is 19.9 Å². The second-order valence-electron chi connectivity index (χ2n) is 8.68. The number of piperidine rings is 1. The molecule has 0 radical (unpaired) electrons. The number of rotatable bonds is 7. The molecule has 0 spiro atoms. The molecule has 1 amide bonds. The van der Waals surface area contributed by atoms with Gasteiger partial charge in [0.1, 0.15) is 6.33 Å². The van der Waals surface area contributed by atoms with Crippen molar-refractivity contribution in [1.29, 1.82) is 0 Å².